The van der Waals surface area contributed by atoms with Gasteiger partial charge in [-0.1, -0.05) is 23.7 Å². The van der Waals surface area contributed by atoms with Crippen molar-refractivity contribution in [3.8, 4) is 11.5 Å². The van der Waals surface area contributed by atoms with Gasteiger partial charge in [0.05, 0.1) is 7.11 Å². The van der Waals surface area contributed by atoms with Crippen LogP contribution in [0.25, 0.3) is 0 Å². The summed E-state index contributed by atoms with van der Waals surface area (Å²) in [6.07, 6.45) is 3.64. The van der Waals surface area contributed by atoms with Crippen LogP contribution >= 0.6 is 11.6 Å². The first-order chi connectivity index (χ1) is 12.7. The lowest BCUT2D eigenvalue weighted by molar-refractivity contribution is -0.686. The highest BCUT2D eigenvalue weighted by Crippen LogP contribution is 2.28. The molecule has 0 amide bonds. The molecule has 0 radical (unpaired) electrons. The first kappa shape index (κ1) is 18.2. The van der Waals surface area contributed by atoms with Crippen LogP contribution in [0.2, 0.25) is 5.02 Å². The number of methoxy groups -OCH3 is 1. The summed E-state index contributed by atoms with van der Waals surface area (Å²) in [7, 11) is 1.66. The van der Waals surface area contributed by atoms with Crippen molar-refractivity contribution < 1.29 is 14.8 Å². The maximum atomic E-state index is 5.91. The van der Waals surface area contributed by atoms with Crippen LogP contribution in [0.3, 0.4) is 0 Å². The monoisotopic (exact) mass is 369 g/mol. The van der Waals surface area contributed by atoms with E-state index in [4.69, 9.17) is 21.1 Å². The number of pyridine rings is 1. The molecule has 0 saturated heterocycles. The van der Waals surface area contributed by atoms with Gasteiger partial charge in [0, 0.05) is 28.5 Å². The molecule has 0 fully saturated rings. The van der Waals surface area contributed by atoms with E-state index in [-0.39, 0.29) is 0 Å². The van der Waals surface area contributed by atoms with E-state index < -0.39 is 0 Å². The largest absolute Gasteiger partial charge is 0.493 e. The van der Waals surface area contributed by atoms with Crippen molar-refractivity contribution in [3.05, 3.63) is 88.7 Å². The maximum absolute atomic E-state index is 5.91. The van der Waals surface area contributed by atoms with Gasteiger partial charge in [0.25, 0.3) is 0 Å². The molecular weight excluding hydrogens is 348 g/mol. The van der Waals surface area contributed by atoms with Crippen LogP contribution in [-0.4, -0.2) is 12.1 Å². The molecular formula is C21H22ClN2O2+. The van der Waals surface area contributed by atoms with Crippen molar-refractivity contribution in [1.82, 2.24) is 4.98 Å². The zero-order valence-electron chi connectivity index (χ0n) is 14.7. The second-order valence-electron chi connectivity index (χ2n) is 5.95. The van der Waals surface area contributed by atoms with Gasteiger partial charge in [-0.3, -0.25) is 4.98 Å². The van der Waals surface area contributed by atoms with Crippen LogP contribution in [0.15, 0.2) is 67.0 Å². The van der Waals surface area contributed by atoms with Crippen molar-refractivity contribution in [1.29, 1.82) is 0 Å². The van der Waals surface area contributed by atoms with Gasteiger partial charge in [-0.2, -0.15) is 0 Å². The molecule has 0 aliphatic rings. The summed E-state index contributed by atoms with van der Waals surface area (Å²) in [6.45, 7) is 2.26. The van der Waals surface area contributed by atoms with Gasteiger partial charge in [-0.15, -0.1) is 0 Å². The Hall–Kier alpha value is -2.56. The third kappa shape index (κ3) is 5.22. The van der Waals surface area contributed by atoms with Gasteiger partial charge in [-0.25, -0.2) is 0 Å². The van der Waals surface area contributed by atoms with Crippen molar-refractivity contribution >= 4 is 11.6 Å². The zero-order valence-corrected chi connectivity index (χ0v) is 15.4. The molecule has 0 atom stereocenters. The fourth-order valence-corrected chi connectivity index (χ4v) is 2.75. The minimum absolute atomic E-state index is 0.473. The molecule has 2 aromatic carbocycles. The van der Waals surface area contributed by atoms with E-state index >= 15 is 0 Å². The van der Waals surface area contributed by atoms with E-state index in [9.17, 15) is 0 Å². The van der Waals surface area contributed by atoms with Crippen molar-refractivity contribution in [3.63, 3.8) is 0 Å². The Balaban J connectivity index is 1.57. The Morgan fingerprint density at radius 2 is 1.54 bits per heavy atom. The number of rotatable bonds is 8. The van der Waals surface area contributed by atoms with Crippen LogP contribution in [0.5, 0.6) is 11.5 Å². The maximum Gasteiger partial charge on any atom is 0.161 e. The summed E-state index contributed by atoms with van der Waals surface area (Å²) in [5.74, 6) is 1.48. The lowest BCUT2D eigenvalue weighted by Gasteiger charge is -2.12. The minimum atomic E-state index is 0.473. The Morgan fingerprint density at radius 3 is 2.27 bits per heavy atom. The molecule has 3 aromatic rings. The average Bonchev–Trinajstić information content (AvgIpc) is 2.69. The number of ether oxygens (including phenoxy) is 2. The Bertz CT molecular complexity index is 823. The number of quaternary nitrogens is 1. The van der Waals surface area contributed by atoms with Crippen LogP contribution in [0.4, 0.5) is 0 Å². The van der Waals surface area contributed by atoms with Crippen LogP contribution < -0.4 is 14.8 Å². The number of nitrogens with zero attached hydrogens (tertiary/aromatic N) is 1. The molecule has 0 spiro atoms. The predicted molar refractivity (Wildman–Crippen MR) is 102 cm³/mol. The summed E-state index contributed by atoms with van der Waals surface area (Å²) >= 11 is 5.91. The van der Waals surface area contributed by atoms with Crippen molar-refractivity contribution in [2.24, 2.45) is 0 Å². The summed E-state index contributed by atoms with van der Waals surface area (Å²) in [5, 5.41) is 2.97. The number of benzene rings is 2. The topological polar surface area (TPSA) is 48.0 Å². The van der Waals surface area contributed by atoms with Crippen LogP contribution in [0.1, 0.15) is 16.7 Å². The number of aromatic nitrogens is 1. The van der Waals surface area contributed by atoms with Gasteiger partial charge in [0.15, 0.2) is 11.5 Å². The summed E-state index contributed by atoms with van der Waals surface area (Å²) in [5.41, 5.74) is 3.51. The smallest absolute Gasteiger partial charge is 0.161 e. The fourth-order valence-electron chi connectivity index (χ4n) is 2.62. The standard InChI is InChI=1S/C21H21ClN2O2/c1-25-21-12-18(14-24-13-16-8-10-23-11-9-16)4-7-20(21)26-15-17-2-5-19(22)6-3-17/h2-12,24H,13-15H2,1H3/p+1. The minimum Gasteiger partial charge on any atom is -0.493 e. The van der Waals surface area contributed by atoms with Gasteiger partial charge < -0.3 is 14.8 Å². The SMILES string of the molecule is COc1cc(C[NH2+]Cc2ccncc2)ccc1OCc1ccc(Cl)cc1. The van der Waals surface area contributed by atoms with E-state index in [1.807, 2.05) is 60.9 Å². The number of hydrogen-bond acceptors (Lipinski definition) is 3. The molecule has 1 aromatic heterocycles. The fraction of sp³-hybridized carbons (Fsp3) is 0.190. The normalized spacial score (nSPS) is 10.5. The van der Waals surface area contributed by atoms with E-state index in [1.54, 1.807) is 7.11 Å². The highest BCUT2D eigenvalue weighted by Gasteiger charge is 2.07. The molecule has 1 heterocycles. The van der Waals surface area contributed by atoms with Crippen LogP contribution in [-0.2, 0) is 19.7 Å². The Labute approximate surface area is 158 Å². The molecule has 0 aliphatic carbocycles. The van der Waals surface area contributed by atoms with E-state index in [2.05, 4.69) is 16.4 Å². The molecule has 4 nitrogen and oxygen atoms in total. The lowest BCUT2D eigenvalue weighted by atomic mass is 10.2. The molecule has 2 N–H and O–H groups in total. The Kier molecular flexibility index (Phi) is 6.47. The lowest BCUT2D eigenvalue weighted by Crippen LogP contribution is -2.80. The second kappa shape index (κ2) is 9.22. The van der Waals surface area contributed by atoms with E-state index in [0.717, 1.165) is 35.2 Å². The third-order valence-corrected chi connectivity index (χ3v) is 4.30. The summed E-state index contributed by atoms with van der Waals surface area (Å²) in [6, 6.07) is 17.8. The molecule has 134 valence electrons. The molecule has 3 rings (SSSR count). The highest BCUT2D eigenvalue weighted by atomic mass is 35.5. The van der Waals surface area contributed by atoms with Gasteiger partial charge in [-0.05, 0) is 48.0 Å². The van der Waals surface area contributed by atoms with E-state index in [1.165, 1.54) is 11.1 Å². The molecule has 0 bridgehead atoms. The van der Waals surface area contributed by atoms with Crippen molar-refractivity contribution in [2.75, 3.05) is 7.11 Å². The predicted octanol–water partition coefficient (Wildman–Crippen LogP) is 3.59. The van der Waals surface area contributed by atoms with Gasteiger partial charge in [0.2, 0.25) is 0 Å². The molecule has 0 aliphatic heterocycles. The second-order valence-corrected chi connectivity index (χ2v) is 6.39. The third-order valence-electron chi connectivity index (χ3n) is 4.05. The molecule has 0 unspecified atom stereocenters. The van der Waals surface area contributed by atoms with Crippen LogP contribution in [0, 0.1) is 0 Å². The molecule has 5 heteroatoms. The number of hydrogen-bond donors (Lipinski definition) is 1. The average molecular weight is 370 g/mol. The van der Waals surface area contributed by atoms with E-state index in [0.29, 0.717) is 6.61 Å². The van der Waals surface area contributed by atoms with Gasteiger partial charge in [0.1, 0.15) is 19.7 Å². The molecule has 0 saturated carbocycles. The summed E-state index contributed by atoms with van der Waals surface area (Å²) in [4.78, 5) is 4.04. The summed E-state index contributed by atoms with van der Waals surface area (Å²) < 4.78 is 11.4. The zero-order chi connectivity index (χ0) is 18.2. The first-order valence-electron chi connectivity index (χ1n) is 8.49. The number of halogens is 1. The highest BCUT2D eigenvalue weighted by molar-refractivity contribution is 6.30. The number of nitrogens with two attached hydrogens (primary N) is 1. The Morgan fingerprint density at radius 1 is 0.846 bits per heavy atom. The quantitative estimate of drug-likeness (QED) is 0.660. The molecule has 26 heavy (non-hydrogen) atoms. The van der Waals surface area contributed by atoms with Crippen molar-refractivity contribution in [2.45, 2.75) is 19.7 Å². The first-order valence-corrected chi connectivity index (χ1v) is 8.87. The van der Waals surface area contributed by atoms with Gasteiger partial charge >= 0.3 is 0 Å².